The van der Waals surface area contributed by atoms with Gasteiger partial charge in [0.1, 0.15) is 0 Å². The van der Waals surface area contributed by atoms with Gasteiger partial charge in [-0.2, -0.15) is 0 Å². The van der Waals surface area contributed by atoms with E-state index in [-0.39, 0.29) is 23.8 Å². The minimum atomic E-state index is -0.480. The number of nitrogens with zero attached hydrogens (tertiary/aromatic N) is 2. The zero-order chi connectivity index (χ0) is 20.4. The molecule has 6 nitrogen and oxygen atoms in total. The molecule has 146 valence electrons. The van der Waals surface area contributed by atoms with Crippen LogP contribution in [0.2, 0.25) is 0 Å². The fourth-order valence-corrected chi connectivity index (χ4v) is 3.37. The number of benzene rings is 2. The lowest BCUT2D eigenvalue weighted by molar-refractivity contribution is 0.0785. The van der Waals surface area contributed by atoms with Gasteiger partial charge in [-0.25, -0.2) is 4.39 Å². The Kier molecular flexibility index (Phi) is 5.60. The van der Waals surface area contributed by atoms with Gasteiger partial charge >= 0.3 is 0 Å². The third-order valence-corrected chi connectivity index (χ3v) is 4.85. The summed E-state index contributed by atoms with van der Waals surface area (Å²) < 4.78 is 20.5. The molecule has 8 heteroatoms. The van der Waals surface area contributed by atoms with E-state index in [9.17, 15) is 14.0 Å². The molecule has 0 unspecified atom stereocenters. The number of carbonyl (C=O) groups is 1. The summed E-state index contributed by atoms with van der Waals surface area (Å²) in [5.41, 5.74) is 1.36. The number of hydrogen-bond donors (Lipinski definition) is 1. The number of fused-ring (bicyclic) bond motifs is 1. The number of nitrogens with one attached hydrogen (secondary N) is 1. The van der Waals surface area contributed by atoms with E-state index in [4.69, 9.17) is 17.0 Å². The Balaban J connectivity index is 1.89. The molecule has 0 aliphatic rings. The van der Waals surface area contributed by atoms with Crippen molar-refractivity contribution in [2.45, 2.75) is 20.0 Å². The summed E-state index contributed by atoms with van der Waals surface area (Å²) in [5, 5.41) is 0.465. The predicted molar refractivity (Wildman–Crippen MR) is 108 cm³/mol. The molecule has 0 aliphatic heterocycles. The van der Waals surface area contributed by atoms with Crippen LogP contribution < -0.4 is 10.3 Å². The van der Waals surface area contributed by atoms with Gasteiger partial charge in [0.25, 0.3) is 11.5 Å². The molecule has 3 aromatic rings. The summed E-state index contributed by atoms with van der Waals surface area (Å²) in [7, 11) is 3.03. The summed E-state index contributed by atoms with van der Waals surface area (Å²) in [6.07, 6.45) is 0. The first kappa shape index (κ1) is 19.8. The fourth-order valence-electron chi connectivity index (χ4n) is 3.05. The molecule has 0 aliphatic carbocycles. The third kappa shape index (κ3) is 3.68. The van der Waals surface area contributed by atoms with Gasteiger partial charge in [-0.1, -0.05) is 6.07 Å². The Labute approximate surface area is 166 Å². The van der Waals surface area contributed by atoms with Crippen molar-refractivity contribution < 1.29 is 13.9 Å². The first-order valence-corrected chi connectivity index (χ1v) is 9.11. The van der Waals surface area contributed by atoms with Crippen LogP contribution in [0.3, 0.4) is 0 Å². The Bertz CT molecular complexity index is 1170. The van der Waals surface area contributed by atoms with Crippen molar-refractivity contribution in [3.8, 4) is 5.75 Å². The summed E-state index contributed by atoms with van der Waals surface area (Å²) in [6.45, 7) is 2.53. The molecule has 0 saturated carbocycles. The number of methoxy groups -OCH3 is 1. The molecule has 1 aromatic heterocycles. The van der Waals surface area contributed by atoms with Crippen LogP contribution >= 0.6 is 12.2 Å². The van der Waals surface area contributed by atoms with E-state index in [2.05, 4.69) is 4.98 Å². The van der Waals surface area contributed by atoms with Crippen LogP contribution in [-0.2, 0) is 13.1 Å². The monoisotopic (exact) mass is 401 g/mol. The Morgan fingerprint density at radius 2 is 2.04 bits per heavy atom. The van der Waals surface area contributed by atoms with Crippen LogP contribution in [0.1, 0.15) is 22.8 Å². The zero-order valence-corrected chi connectivity index (χ0v) is 16.6. The fraction of sp³-hybridized carbons (Fsp3) is 0.250. The highest BCUT2D eigenvalue weighted by Crippen LogP contribution is 2.19. The summed E-state index contributed by atoms with van der Waals surface area (Å²) in [5.74, 6) is -0.580. The van der Waals surface area contributed by atoms with E-state index in [1.807, 2.05) is 6.92 Å². The smallest absolute Gasteiger partial charge is 0.262 e. The number of ether oxygens (including phenoxy) is 1. The van der Waals surface area contributed by atoms with Gasteiger partial charge in [0.15, 0.2) is 16.3 Å². The Morgan fingerprint density at radius 1 is 1.29 bits per heavy atom. The van der Waals surface area contributed by atoms with Gasteiger partial charge in [-0.3, -0.25) is 14.2 Å². The molecule has 1 N–H and O–H groups in total. The molecule has 0 radical (unpaired) electrons. The number of halogens is 1. The van der Waals surface area contributed by atoms with E-state index in [1.165, 1.54) is 28.7 Å². The van der Waals surface area contributed by atoms with Gasteiger partial charge < -0.3 is 14.6 Å². The standard InChI is InChI=1S/C20H20FN3O3S/c1-4-24-19(26)14-7-6-13(10-16(14)22-20(24)28)18(25)23(2)11-12-5-8-17(27-3)15(21)9-12/h5-10H,4,11H2,1-3H3,(H,22,28). The lowest BCUT2D eigenvalue weighted by atomic mass is 10.1. The maximum Gasteiger partial charge on any atom is 0.262 e. The number of rotatable bonds is 5. The number of hydrogen-bond acceptors (Lipinski definition) is 4. The first-order chi connectivity index (χ1) is 13.3. The van der Waals surface area contributed by atoms with Crippen molar-refractivity contribution in [3.05, 3.63) is 68.5 Å². The highest BCUT2D eigenvalue weighted by atomic mass is 32.1. The normalized spacial score (nSPS) is 10.9. The first-order valence-electron chi connectivity index (χ1n) is 8.70. The average Bonchev–Trinajstić information content (AvgIpc) is 2.67. The SMILES string of the molecule is CCn1c(=S)[nH]c2cc(C(=O)N(C)Cc3ccc(OC)c(F)c3)ccc2c1=O. The van der Waals surface area contributed by atoms with Crippen LogP contribution in [0.5, 0.6) is 5.75 Å². The summed E-state index contributed by atoms with van der Waals surface area (Å²) in [4.78, 5) is 29.7. The third-order valence-electron chi connectivity index (χ3n) is 4.53. The van der Waals surface area contributed by atoms with Gasteiger partial charge in [-0.15, -0.1) is 0 Å². The van der Waals surface area contributed by atoms with Crippen molar-refractivity contribution in [2.75, 3.05) is 14.2 Å². The van der Waals surface area contributed by atoms with Gasteiger partial charge in [0.05, 0.1) is 18.0 Å². The molecule has 1 amide bonds. The Hall–Kier alpha value is -3.00. The van der Waals surface area contributed by atoms with Crippen molar-refractivity contribution in [1.29, 1.82) is 0 Å². The zero-order valence-electron chi connectivity index (χ0n) is 15.8. The van der Waals surface area contributed by atoms with Crippen molar-refractivity contribution in [2.24, 2.45) is 0 Å². The van der Waals surface area contributed by atoms with E-state index in [1.54, 1.807) is 31.3 Å². The second kappa shape index (κ2) is 7.93. The van der Waals surface area contributed by atoms with Crippen LogP contribution in [0.4, 0.5) is 4.39 Å². The van der Waals surface area contributed by atoms with Gasteiger partial charge in [-0.05, 0) is 55.0 Å². The van der Waals surface area contributed by atoms with E-state index >= 15 is 0 Å². The topological polar surface area (TPSA) is 67.3 Å². The number of aromatic nitrogens is 2. The highest BCUT2D eigenvalue weighted by molar-refractivity contribution is 7.71. The second-order valence-corrected chi connectivity index (χ2v) is 6.76. The number of aromatic amines is 1. The lowest BCUT2D eigenvalue weighted by Crippen LogP contribution is -2.26. The maximum atomic E-state index is 13.9. The molecule has 28 heavy (non-hydrogen) atoms. The molecule has 0 atom stereocenters. The molecule has 3 rings (SSSR count). The predicted octanol–water partition coefficient (Wildman–Crippen LogP) is 3.50. The Morgan fingerprint density at radius 3 is 2.68 bits per heavy atom. The molecular weight excluding hydrogens is 381 g/mol. The maximum absolute atomic E-state index is 13.9. The van der Waals surface area contributed by atoms with Gasteiger partial charge in [0.2, 0.25) is 0 Å². The molecule has 0 bridgehead atoms. The van der Waals surface area contributed by atoms with Crippen molar-refractivity contribution in [1.82, 2.24) is 14.5 Å². The molecule has 0 spiro atoms. The average molecular weight is 401 g/mol. The molecule has 0 saturated heterocycles. The van der Waals surface area contributed by atoms with E-state index < -0.39 is 5.82 Å². The van der Waals surface area contributed by atoms with Crippen LogP contribution in [-0.4, -0.2) is 34.5 Å². The highest BCUT2D eigenvalue weighted by Gasteiger charge is 2.15. The van der Waals surface area contributed by atoms with Crippen LogP contribution in [0.25, 0.3) is 10.9 Å². The number of amides is 1. The molecule has 2 aromatic carbocycles. The minimum Gasteiger partial charge on any atom is -0.494 e. The molecule has 0 fully saturated rings. The van der Waals surface area contributed by atoms with Crippen LogP contribution in [0.15, 0.2) is 41.2 Å². The van der Waals surface area contributed by atoms with E-state index in [0.29, 0.717) is 33.3 Å². The van der Waals surface area contributed by atoms with Crippen molar-refractivity contribution >= 4 is 29.0 Å². The lowest BCUT2D eigenvalue weighted by Gasteiger charge is -2.18. The quantitative estimate of drug-likeness (QED) is 0.665. The van der Waals surface area contributed by atoms with E-state index in [0.717, 1.165) is 0 Å². The number of carbonyl (C=O) groups excluding carboxylic acids is 1. The second-order valence-electron chi connectivity index (χ2n) is 6.37. The van der Waals surface area contributed by atoms with Crippen molar-refractivity contribution in [3.63, 3.8) is 0 Å². The van der Waals surface area contributed by atoms with Gasteiger partial charge in [0, 0.05) is 25.7 Å². The summed E-state index contributed by atoms with van der Waals surface area (Å²) in [6, 6.07) is 9.40. The number of H-pyrrole nitrogens is 1. The summed E-state index contributed by atoms with van der Waals surface area (Å²) >= 11 is 5.21. The molecule has 1 heterocycles. The largest absolute Gasteiger partial charge is 0.494 e. The van der Waals surface area contributed by atoms with Crippen LogP contribution in [0, 0.1) is 10.6 Å². The molecular formula is C20H20FN3O3S. The minimum absolute atomic E-state index is 0.153.